The third-order valence-electron chi connectivity index (χ3n) is 3.58. The number of halogens is 1. The van der Waals surface area contributed by atoms with Gasteiger partial charge in [0.1, 0.15) is 0 Å². The Morgan fingerprint density at radius 3 is 2.60 bits per heavy atom. The number of thiophene rings is 1. The van der Waals surface area contributed by atoms with E-state index >= 15 is 0 Å². The van der Waals surface area contributed by atoms with Crippen LogP contribution in [-0.4, -0.2) is 18.2 Å². The second kappa shape index (κ2) is 6.74. The van der Waals surface area contributed by atoms with E-state index in [2.05, 4.69) is 64.4 Å². The molecule has 0 aliphatic heterocycles. The van der Waals surface area contributed by atoms with Gasteiger partial charge in [-0.15, -0.1) is 11.3 Å². The van der Waals surface area contributed by atoms with E-state index in [4.69, 9.17) is 0 Å². The summed E-state index contributed by atoms with van der Waals surface area (Å²) in [5.41, 5.74) is 2.08. The molecule has 0 aliphatic carbocycles. The average Bonchev–Trinajstić information content (AvgIpc) is 2.90. The van der Waals surface area contributed by atoms with Crippen LogP contribution in [0.25, 0.3) is 0 Å². The molecule has 4 heteroatoms. The molecule has 2 rings (SSSR count). The molecular weight excluding hydrogens is 334 g/mol. The molecule has 0 spiro atoms. The van der Waals surface area contributed by atoms with Gasteiger partial charge in [0.2, 0.25) is 0 Å². The molecule has 2 atom stereocenters. The number of rotatable bonds is 5. The maximum absolute atomic E-state index is 9.67. The maximum atomic E-state index is 9.67. The lowest BCUT2D eigenvalue weighted by Gasteiger charge is -2.27. The minimum absolute atomic E-state index is 0.429. The van der Waals surface area contributed by atoms with Gasteiger partial charge in [0.15, 0.2) is 0 Å². The lowest BCUT2D eigenvalue weighted by molar-refractivity contribution is 0.198. The molecule has 0 radical (unpaired) electrons. The van der Waals surface area contributed by atoms with Crippen molar-refractivity contribution < 1.29 is 5.11 Å². The van der Waals surface area contributed by atoms with Gasteiger partial charge in [0, 0.05) is 34.5 Å². The molecule has 1 heterocycles. The topological polar surface area (TPSA) is 23.5 Å². The summed E-state index contributed by atoms with van der Waals surface area (Å²) in [6, 6.07) is 10.8. The van der Waals surface area contributed by atoms with Gasteiger partial charge >= 0.3 is 0 Å². The van der Waals surface area contributed by atoms with Crippen LogP contribution >= 0.6 is 27.3 Å². The maximum Gasteiger partial charge on any atom is 0.0772 e. The standard InChI is InChI=1S/C16H20BrNOS/c1-11(9-14-5-4-8-20-14)18(3)13-6-7-15(12(2)19)16(17)10-13/h4-8,10-12,19H,9H2,1-3H3/t11?,12-/m0/s1. The highest BCUT2D eigenvalue weighted by molar-refractivity contribution is 9.10. The van der Waals surface area contributed by atoms with E-state index in [1.54, 1.807) is 18.3 Å². The molecule has 0 amide bonds. The lowest BCUT2D eigenvalue weighted by atomic mass is 10.1. The Balaban J connectivity index is 2.12. The number of aliphatic hydroxyl groups is 1. The van der Waals surface area contributed by atoms with Gasteiger partial charge in [-0.05, 0) is 43.0 Å². The van der Waals surface area contributed by atoms with Crippen molar-refractivity contribution in [3.05, 3.63) is 50.6 Å². The van der Waals surface area contributed by atoms with Crippen molar-refractivity contribution in [3.63, 3.8) is 0 Å². The van der Waals surface area contributed by atoms with E-state index in [9.17, 15) is 5.11 Å². The molecule has 0 saturated carbocycles. The van der Waals surface area contributed by atoms with Crippen molar-refractivity contribution in [1.82, 2.24) is 0 Å². The molecule has 0 aliphatic rings. The first kappa shape index (κ1) is 15.5. The molecule has 20 heavy (non-hydrogen) atoms. The number of hydrogen-bond donors (Lipinski definition) is 1. The number of aliphatic hydroxyl groups excluding tert-OH is 1. The highest BCUT2D eigenvalue weighted by Gasteiger charge is 2.14. The van der Waals surface area contributed by atoms with Crippen LogP contribution in [0.4, 0.5) is 5.69 Å². The molecule has 1 aromatic heterocycles. The van der Waals surface area contributed by atoms with E-state index in [1.807, 2.05) is 6.07 Å². The van der Waals surface area contributed by atoms with Crippen LogP contribution in [0.15, 0.2) is 40.2 Å². The van der Waals surface area contributed by atoms with Crippen LogP contribution in [0.5, 0.6) is 0 Å². The zero-order valence-corrected chi connectivity index (χ0v) is 14.4. The molecular formula is C16H20BrNOS. The average molecular weight is 354 g/mol. The summed E-state index contributed by atoms with van der Waals surface area (Å²) < 4.78 is 0.958. The van der Waals surface area contributed by atoms with Gasteiger partial charge in [0.05, 0.1) is 6.10 Å². The van der Waals surface area contributed by atoms with Gasteiger partial charge in [-0.2, -0.15) is 0 Å². The predicted molar refractivity (Wildman–Crippen MR) is 90.7 cm³/mol. The first-order valence-electron chi connectivity index (χ1n) is 6.71. The molecule has 0 saturated heterocycles. The fourth-order valence-corrected chi connectivity index (χ4v) is 3.71. The van der Waals surface area contributed by atoms with Gasteiger partial charge in [-0.25, -0.2) is 0 Å². The van der Waals surface area contributed by atoms with Crippen LogP contribution in [-0.2, 0) is 6.42 Å². The quantitative estimate of drug-likeness (QED) is 0.846. The molecule has 1 N–H and O–H groups in total. The fourth-order valence-electron chi connectivity index (χ4n) is 2.19. The third-order valence-corrected chi connectivity index (χ3v) is 5.16. The van der Waals surface area contributed by atoms with Crippen molar-refractivity contribution in [2.24, 2.45) is 0 Å². The second-order valence-corrected chi connectivity index (χ2v) is 7.01. The SMILES string of the molecule is CC(Cc1cccs1)N(C)c1ccc([C@H](C)O)c(Br)c1. The molecule has 108 valence electrons. The molecule has 0 fully saturated rings. The highest BCUT2D eigenvalue weighted by atomic mass is 79.9. The Morgan fingerprint density at radius 2 is 2.05 bits per heavy atom. The molecule has 2 aromatic rings. The monoisotopic (exact) mass is 353 g/mol. The normalized spacial score (nSPS) is 14.1. The number of benzene rings is 1. The summed E-state index contributed by atoms with van der Waals surface area (Å²) in [6.07, 6.45) is 0.594. The summed E-state index contributed by atoms with van der Waals surface area (Å²) >= 11 is 5.35. The van der Waals surface area contributed by atoms with Crippen LogP contribution in [0.2, 0.25) is 0 Å². The summed E-state index contributed by atoms with van der Waals surface area (Å²) in [4.78, 5) is 3.68. The van der Waals surface area contributed by atoms with Crippen molar-refractivity contribution in [3.8, 4) is 0 Å². The summed E-state index contributed by atoms with van der Waals surface area (Å²) in [6.45, 7) is 4.01. The third kappa shape index (κ3) is 3.62. The smallest absolute Gasteiger partial charge is 0.0772 e. The van der Waals surface area contributed by atoms with Crippen LogP contribution in [0.3, 0.4) is 0 Å². The Hall–Kier alpha value is -0.840. The number of nitrogens with zero attached hydrogens (tertiary/aromatic N) is 1. The highest BCUT2D eigenvalue weighted by Crippen LogP contribution is 2.29. The van der Waals surface area contributed by atoms with Crippen molar-refractivity contribution in [1.29, 1.82) is 0 Å². The van der Waals surface area contributed by atoms with Crippen molar-refractivity contribution in [2.75, 3.05) is 11.9 Å². The number of likely N-dealkylation sites (N-methyl/N-ethyl adjacent to an activating group) is 1. The Kier molecular flexibility index (Phi) is 5.24. The van der Waals surface area contributed by atoms with E-state index in [1.165, 1.54) is 4.88 Å². The van der Waals surface area contributed by atoms with Crippen LogP contribution in [0, 0.1) is 0 Å². The number of anilines is 1. The second-order valence-electron chi connectivity index (χ2n) is 5.13. The van der Waals surface area contributed by atoms with Gasteiger partial charge in [-0.1, -0.05) is 28.1 Å². The first-order valence-corrected chi connectivity index (χ1v) is 8.39. The van der Waals surface area contributed by atoms with E-state index < -0.39 is 6.10 Å². The fraction of sp³-hybridized carbons (Fsp3) is 0.375. The molecule has 0 bridgehead atoms. The summed E-state index contributed by atoms with van der Waals surface area (Å²) in [7, 11) is 2.11. The van der Waals surface area contributed by atoms with Crippen LogP contribution in [0.1, 0.15) is 30.4 Å². The zero-order chi connectivity index (χ0) is 14.7. The summed E-state index contributed by atoms with van der Waals surface area (Å²) in [5, 5.41) is 11.8. The van der Waals surface area contributed by atoms with Crippen molar-refractivity contribution >= 4 is 33.0 Å². The minimum Gasteiger partial charge on any atom is -0.389 e. The first-order chi connectivity index (χ1) is 9.49. The Labute approximate surface area is 133 Å². The van der Waals surface area contributed by atoms with Gasteiger partial charge < -0.3 is 10.0 Å². The predicted octanol–water partition coefficient (Wildman–Crippen LogP) is 4.63. The molecule has 1 aromatic carbocycles. The lowest BCUT2D eigenvalue weighted by Crippen LogP contribution is -2.30. The molecule has 2 nitrogen and oxygen atoms in total. The van der Waals surface area contributed by atoms with E-state index in [0.29, 0.717) is 6.04 Å². The van der Waals surface area contributed by atoms with Gasteiger partial charge in [-0.3, -0.25) is 0 Å². The van der Waals surface area contributed by atoms with E-state index in [0.717, 1.165) is 22.1 Å². The minimum atomic E-state index is -0.452. The zero-order valence-electron chi connectivity index (χ0n) is 12.0. The van der Waals surface area contributed by atoms with Crippen molar-refractivity contribution in [2.45, 2.75) is 32.4 Å². The van der Waals surface area contributed by atoms with E-state index in [-0.39, 0.29) is 0 Å². The van der Waals surface area contributed by atoms with Gasteiger partial charge in [0.25, 0.3) is 0 Å². The largest absolute Gasteiger partial charge is 0.389 e. The Bertz CT molecular complexity index is 554. The summed E-state index contributed by atoms with van der Waals surface area (Å²) in [5.74, 6) is 0. The van der Waals surface area contributed by atoms with Crippen LogP contribution < -0.4 is 4.90 Å². The molecule has 1 unspecified atom stereocenters. The number of hydrogen-bond acceptors (Lipinski definition) is 3. The Morgan fingerprint density at radius 1 is 1.30 bits per heavy atom.